The van der Waals surface area contributed by atoms with Gasteiger partial charge in [0.1, 0.15) is 5.82 Å². The highest BCUT2D eigenvalue weighted by atomic mass is 16.5. The number of hydrogen-bond acceptors (Lipinski definition) is 5. The number of ether oxygens (including phenoxy) is 1. The van der Waals surface area contributed by atoms with E-state index in [0.717, 1.165) is 53.9 Å². The van der Waals surface area contributed by atoms with Gasteiger partial charge in [0.25, 0.3) is 0 Å². The van der Waals surface area contributed by atoms with E-state index in [1.807, 2.05) is 12.1 Å². The van der Waals surface area contributed by atoms with Crippen molar-refractivity contribution in [3.05, 3.63) is 48.4 Å². The van der Waals surface area contributed by atoms with E-state index in [0.29, 0.717) is 11.7 Å². The average Bonchev–Trinajstić information content (AvgIpc) is 2.62. The summed E-state index contributed by atoms with van der Waals surface area (Å²) in [6.45, 7) is 1.53. The van der Waals surface area contributed by atoms with Gasteiger partial charge in [-0.2, -0.15) is 0 Å². The lowest BCUT2D eigenvalue weighted by atomic mass is 9.92. The molecule has 1 fully saturated rings. The maximum atomic E-state index is 5.89. The van der Waals surface area contributed by atoms with Crippen molar-refractivity contribution >= 4 is 16.7 Å². The normalized spacial score (nSPS) is 15.8. The molecular formula is C18H18N4O. The summed E-state index contributed by atoms with van der Waals surface area (Å²) in [5, 5.41) is 1.10. The summed E-state index contributed by atoms with van der Waals surface area (Å²) in [6, 6.07) is 10.2. The number of hydrogen-bond donors (Lipinski definition) is 1. The molecule has 0 saturated carbocycles. The van der Waals surface area contributed by atoms with Gasteiger partial charge >= 0.3 is 0 Å². The maximum absolute atomic E-state index is 5.89. The van der Waals surface area contributed by atoms with Crippen LogP contribution in [-0.2, 0) is 4.74 Å². The van der Waals surface area contributed by atoms with Crippen LogP contribution in [0.4, 0.5) is 5.82 Å². The summed E-state index contributed by atoms with van der Waals surface area (Å²) >= 11 is 0. The highest BCUT2D eigenvalue weighted by molar-refractivity contribution is 5.84. The summed E-state index contributed by atoms with van der Waals surface area (Å²) in [4.78, 5) is 13.5. The van der Waals surface area contributed by atoms with Crippen LogP contribution >= 0.6 is 0 Å². The van der Waals surface area contributed by atoms with Crippen LogP contribution in [0.5, 0.6) is 0 Å². The molecule has 0 atom stereocenters. The van der Waals surface area contributed by atoms with E-state index in [2.05, 4.69) is 33.2 Å². The number of anilines is 1. The highest BCUT2D eigenvalue weighted by Crippen LogP contribution is 2.33. The van der Waals surface area contributed by atoms with Gasteiger partial charge in [0, 0.05) is 36.3 Å². The predicted molar refractivity (Wildman–Crippen MR) is 90.0 cm³/mol. The Kier molecular flexibility index (Phi) is 3.63. The van der Waals surface area contributed by atoms with E-state index in [-0.39, 0.29) is 0 Å². The second-order valence-corrected chi connectivity index (χ2v) is 5.83. The molecular weight excluding hydrogens is 288 g/mol. The number of benzene rings is 1. The van der Waals surface area contributed by atoms with Crippen molar-refractivity contribution in [1.29, 1.82) is 0 Å². The molecule has 2 aromatic heterocycles. The summed E-state index contributed by atoms with van der Waals surface area (Å²) in [7, 11) is 0. The fourth-order valence-electron chi connectivity index (χ4n) is 3.12. The Morgan fingerprint density at radius 3 is 2.83 bits per heavy atom. The van der Waals surface area contributed by atoms with Crippen LogP contribution in [0.1, 0.15) is 24.5 Å². The molecule has 0 amide bonds. The Bertz CT molecular complexity index is 843. The van der Waals surface area contributed by atoms with Crippen molar-refractivity contribution in [2.45, 2.75) is 18.8 Å². The van der Waals surface area contributed by atoms with E-state index in [1.54, 1.807) is 12.4 Å². The van der Waals surface area contributed by atoms with Crippen LogP contribution in [-0.4, -0.2) is 28.2 Å². The summed E-state index contributed by atoms with van der Waals surface area (Å²) in [6.07, 6.45) is 5.35. The first-order valence-electron chi connectivity index (χ1n) is 7.86. The quantitative estimate of drug-likeness (QED) is 0.787. The van der Waals surface area contributed by atoms with Crippen LogP contribution < -0.4 is 5.73 Å². The molecule has 1 aliphatic rings. The van der Waals surface area contributed by atoms with E-state index in [9.17, 15) is 0 Å². The molecule has 0 radical (unpaired) electrons. The second kappa shape index (κ2) is 5.93. The lowest BCUT2D eigenvalue weighted by molar-refractivity contribution is 0.0846. The van der Waals surface area contributed by atoms with Crippen molar-refractivity contribution in [2.24, 2.45) is 0 Å². The first-order valence-corrected chi connectivity index (χ1v) is 7.86. The van der Waals surface area contributed by atoms with Crippen LogP contribution in [0.2, 0.25) is 0 Å². The van der Waals surface area contributed by atoms with Crippen molar-refractivity contribution in [3.8, 4) is 11.3 Å². The van der Waals surface area contributed by atoms with Crippen LogP contribution in [0, 0.1) is 0 Å². The topological polar surface area (TPSA) is 73.9 Å². The summed E-state index contributed by atoms with van der Waals surface area (Å²) < 4.78 is 5.47. The minimum absolute atomic E-state index is 0.347. The van der Waals surface area contributed by atoms with Gasteiger partial charge in [-0.1, -0.05) is 12.1 Å². The van der Waals surface area contributed by atoms with Crippen molar-refractivity contribution in [1.82, 2.24) is 15.0 Å². The third kappa shape index (κ3) is 2.75. The van der Waals surface area contributed by atoms with E-state index >= 15 is 0 Å². The zero-order chi connectivity index (χ0) is 15.6. The predicted octanol–water partition coefficient (Wildman–Crippen LogP) is 3.17. The fraction of sp³-hybridized carbons (Fsp3) is 0.278. The van der Waals surface area contributed by atoms with Gasteiger partial charge in [-0.25, -0.2) is 4.98 Å². The van der Waals surface area contributed by atoms with Gasteiger partial charge in [-0.05, 0) is 31.0 Å². The Labute approximate surface area is 134 Å². The minimum atomic E-state index is 0.347. The SMILES string of the molecule is Nc1cnc(-c2ccc3ncccc3c2)c(C2CCOCC2)n1. The maximum Gasteiger partial charge on any atom is 0.142 e. The molecule has 1 saturated heterocycles. The number of nitrogens with zero attached hydrogens (tertiary/aromatic N) is 3. The molecule has 5 nitrogen and oxygen atoms in total. The standard InChI is InChI=1S/C18H18N4O/c19-16-11-21-17(18(22-16)12-5-8-23-9-6-12)14-3-4-15-13(10-14)2-1-7-20-15/h1-4,7,10-12H,5-6,8-9H2,(H2,19,22). The number of nitrogen functional groups attached to an aromatic ring is 1. The van der Waals surface area contributed by atoms with Crippen molar-refractivity contribution in [3.63, 3.8) is 0 Å². The third-order valence-corrected chi connectivity index (χ3v) is 4.30. The highest BCUT2D eigenvalue weighted by Gasteiger charge is 2.22. The van der Waals surface area contributed by atoms with Crippen LogP contribution in [0.25, 0.3) is 22.2 Å². The molecule has 1 aromatic carbocycles. The van der Waals surface area contributed by atoms with E-state index < -0.39 is 0 Å². The second-order valence-electron chi connectivity index (χ2n) is 5.83. The Hall–Kier alpha value is -2.53. The lowest BCUT2D eigenvalue weighted by Gasteiger charge is -2.23. The van der Waals surface area contributed by atoms with Gasteiger partial charge in [0.2, 0.25) is 0 Å². The molecule has 0 bridgehead atoms. The van der Waals surface area contributed by atoms with Gasteiger partial charge in [0.05, 0.1) is 23.1 Å². The van der Waals surface area contributed by atoms with Crippen molar-refractivity contribution < 1.29 is 4.74 Å². The first kappa shape index (κ1) is 14.1. The monoisotopic (exact) mass is 306 g/mol. The zero-order valence-corrected chi connectivity index (χ0v) is 12.8. The average molecular weight is 306 g/mol. The minimum Gasteiger partial charge on any atom is -0.382 e. The molecule has 3 heterocycles. The smallest absolute Gasteiger partial charge is 0.142 e. The first-order chi connectivity index (χ1) is 11.3. The fourth-order valence-corrected chi connectivity index (χ4v) is 3.12. The molecule has 2 N–H and O–H groups in total. The molecule has 116 valence electrons. The summed E-state index contributed by atoms with van der Waals surface area (Å²) in [5.74, 6) is 0.817. The molecule has 5 heteroatoms. The van der Waals surface area contributed by atoms with E-state index in [1.165, 1.54) is 0 Å². The number of nitrogens with two attached hydrogens (primary N) is 1. The largest absolute Gasteiger partial charge is 0.382 e. The number of pyridine rings is 1. The molecule has 0 spiro atoms. The Balaban J connectivity index is 1.83. The molecule has 1 aliphatic heterocycles. The summed E-state index contributed by atoms with van der Waals surface area (Å²) in [5.41, 5.74) is 9.82. The molecule has 4 rings (SSSR count). The van der Waals surface area contributed by atoms with Gasteiger partial charge < -0.3 is 10.5 Å². The zero-order valence-electron chi connectivity index (χ0n) is 12.8. The number of fused-ring (bicyclic) bond motifs is 1. The Morgan fingerprint density at radius 1 is 1.09 bits per heavy atom. The number of rotatable bonds is 2. The van der Waals surface area contributed by atoms with E-state index in [4.69, 9.17) is 10.5 Å². The Morgan fingerprint density at radius 2 is 1.96 bits per heavy atom. The van der Waals surface area contributed by atoms with Gasteiger partial charge in [-0.3, -0.25) is 9.97 Å². The van der Waals surface area contributed by atoms with Gasteiger partial charge in [0.15, 0.2) is 0 Å². The van der Waals surface area contributed by atoms with Crippen LogP contribution in [0.15, 0.2) is 42.7 Å². The lowest BCUT2D eigenvalue weighted by Crippen LogP contribution is -2.17. The molecule has 23 heavy (non-hydrogen) atoms. The number of aromatic nitrogens is 3. The third-order valence-electron chi connectivity index (χ3n) is 4.30. The van der Waals surface area contributed by atoms with Crippen molar-refractivity contribution in [2.75, 3.05) is 18.9 Å². The molecule has 0 unspecified atom stereocenters. The molecule has 3 aromatic rings. The molecule has 0 aliphatic carbocycles. The van der Waals surface area contributed by atoms with Crippen LogP contribution in [0.3, 0.4) is 0 Å². The van der Waals surface area contributed by atoms with Gasteiger partial charge in [-0.15, -0.1) is 0 Å².